The Hall–Kier alpha value is -3.20. The lowest BCUT2D eigenvalue weighted by Crippen LogP contribution is -2.54. The van der Waals surface area contributed by atoms with Crippen molar-refractivity contribution >= 4 is 17.5 Å². The number of para-hydroxylation sites is 2. The van der Waals surface area contributed by atoms with Crippen LogP contribution in [0.2, 0.25) is 0 Å². The average Bonchev–Trinajstić information content (AvgIpc) is 2.75. The Kier molecular flexibility index (Phi) is 5.80. The molecule has 2 heterocycles. The Morgan fingerprint density at radius 2 is 1.77 bits per heavy atom. The fourth-order valence-corrected chi connectivity index (χ4v) is 3.45. The van der Waals surface area contributed by atoms with Crippen LogP contribution in [0.15, 0.2) is 42.5 Å². The van der Waals surface area contributed by atoms with Crippen molar-refractivity contribution in [3.05, 3.63) is 54.1 Å². The van der Waals surface area contributed by atoms with Crippen LogP contribution in [0, 0.1) is 11.6 Å². The van der Waals surface area contributed by atoms with Gasteiger partial charge in [0.25, 0.3) is 5.91 Å². The molecule has 0 spiro atoms. The second kappa shape index (κ2) is 8.66. The number of rotatable bonds is 4. The molecule has 1 saturated heterocycles. The molecule has 1 unspecified atom stereocenters. The summed E-state index contributed by atoms with van der Waals surface area (Å²) in [5.41, 5.74) is -0.0649. The van der Waals surface area contributed by atoms with Gasteiger partial charge >= 0.3 is 0 Å². The number of nitrogens with one attached hydrogen (secondary N) is 1. The monoisotopic (exact) mass is 417 g/mol. The Bertz CT molecular complexity index is 948. The normalized spacial score (nSPS) is 18.7. The molecule has 0 bridgehead atoms. The zero-order chi connectivity index (χ0) is 21.1. The third kappa shape index (κ3) is 4.51. The van der Waals surface area contributed by atoms with Crippen LogP contribution >= 0.6 is 0 Å². The molecular weight excluding hydrogens is 396 g/mol. The predicted molar refractivity (Wildman–Crippen MR) is 104 cm³/mol. The van der Waals surface area contributed by atoms with Crippen molar-refractivity contribution in [2.45, 2.75) is 6.10 Å². The van der Waals surface area contributed by atoms with E-state index in [1.807, 2.05) is 17.0 Å². The zero-order valence-electron chi connectivity index (χ0n) is 16.1. The minimum Gasteiger partial charge on any atom is -0.485 e. The van der Waals surface area contributed by atoms with Gasteiger partial charge in [0.2, 0.25) is 12.0 Å². The van der Waals surface area contributed by atoms with Crippen molar-refractivity contribution in [3.8, 4) is 11.5 Å². The summed E-state index contributed by atoms with van der Waals surface area (Å²) in [5.74, 6) is -0.916. The maximum absolute atomic E-state index is 13.7. The number of benzene rings is 2. The summed E-state index contributed by atoms with van der Waals surface area (Å²) >= 11 is 0. The summed E-state index contributed by atoms with van der Waals surface area (Å²) in [4.78, 5) is 28.5. The van der Waals surface area contributed by atoms with Crippen LogP contribution in [0.5, 0.6) is 11.5 Å². The summed E-state index contributed by atoms with van der Waals surface area (Å²) in [7, 11) is 0. The van der Waals surface area contributed by atoms with Crippen LogP contribution in [0.1, 0.15) is 0 Å². The molecule has 7 nitrogen and oxygen atoms in total. The molecule has 2 aliphatic heterocycles. The van der Waals surface area contributed by atoms with Crippen LogP contribution in [0.25, 0.3) is 0 Å². The minimum absolute atomic E-state index is 0.0509. The van der Waals surface area contributed by atoms with E-state index < -0.39 is 23.6 Å². The van der Waals surface area contributed by atoms with E-state index in [0.717, 1.165) is 12.1 Å². The summed E-state index contributed by atoms with van der Waals surface area (Å²) in [6.45, 7) is 2.08. The van der Waals surface area contributed by atoms with Gasteiger partial charge in [0.15, 0.2) is 11.5 Å². The molecule has 158 valence electrons. The van der Waals surface area contributed by atoms with E-state index in [-0.39, 0.29) is 24.7 Å². The van der Waals surface area contributed by atoms with Crippen LogP contribution in [-0.4, -0.2) is 67.0 Å². The predicted octanol–water partition coefficient (Wildman–Crippen LogP) is 1.89. The van der Waals surface area contributed by atoms with Gasteiger partial charge in [-0.25, -0.2) is 8.78 Å². The Labute approximate surface area is 172 Å². The molecule has 30 heavy (non-hydrogen) atoms. The smallest absolute Gasteiger partial charge is 0.267 e. The number of hydrogen-bond donors (Lipinski definition) is 1. The number of ether oxygens (including phenoxy) is 2. The lowest BCUT2D eigenvalue weighted by Gasteiger charge is -2.36. The van der Waals surface area contributed by atoms with Crippen molar-refractivity contribution in [1.82, 2.24) is 9.80 Å². The van der Waals surface area contributed by atoms with E-state index in [1.54, 1.807) is 17.0 Å². The maximum atomic E-state index is 13.7. The number of nitrogens with zero attached hydrogens (tertiary/aromatic N) is 2. The van der Waals surface area contributed by atoms with E-state index >= 15 is 0 Å². The van der Waals surface area contributed by atoms with Crippen molar-refractivity contribution in [3.63, 3.8) is 0 Å². The largest absolute Gasteiger partial charge is 0.485 e. The van der Waals surface area contributed by atoms with Gasteiger partial charge in [-0.05, 0) is 24.3 Å². The zero-order valence-corrected chi connectivity index (χ0v) is 16.1. The number of fused-ring (bicyclic) bond motifs is 1. The number of piperazine rings is 1. The Morgan fingerprint density at radius 3 is 2.50 bits per heavy atom. The molecule has 2 aromatic carbocycles. The highest BCUT2D eigenvalue weighted by Gasteiger charge is 2.32. The molecule has 0 radical (unpaired) electrons. The van der Waals surface area contributed by atoms with Crippen molar-refractivity contribution in [2.75, 3.05) is 44.6 Å². The van der Waals surface area contributed by atoms with Crippen molar-refractivity contribution in [2.24, 2.45) is 0 Å². The third-order valence-electron chi connectivity index (χ3n) is 5.04. The molecule has 2 aromatic rings. The van der Waals surface area contributed by atoms with Crippen LogP contribution in [0.4, 0.5) is 14.5 Å². The van der Waals surface area contributed by atoms with E-state index in [2.05, 4.69) is 5.32 Å². The van der Waals surface area contributed by atoms with E-state index in [4.69, 9.17) is 9.47 Å². The second-order valence-electron chi connectivity index (χ2n) is 7.14. The molecule has 2 amide bonds. The van der Waals surface area contributed by atoms with Crippen molar-refractivity contribution in [1.29, 1.82) is 0 Å². The van der Waals surface area contributed by atoms with Crippen LogP contribution in [0.3, 0.4) is 0 Å². The molecule has 4 rings (SSSR count). The Balaban J connectivity index is 1.25. The first kappa shape index (κ1) is 20.1. The summed E-state index contributed by atoms with van der Waals surface area (Å²) in [5, 5.41) is 2.44. The van der Waals surface area contributed by atoms with Gasteiger partial charge in [0.05, 0.1) is 12.2 Å². The number of amides is 2. The third-order valence-corrected chi connectivity index (χ3v) is 5.04. The van der Waals surface area contributed by atoms with Gasteiger partial charge in [-0.2, -0.15) is 0 Å². The van der Waals surface area contributed by atoms with Crippen LogP contribution in [-0.2, 0) is 9.59 Å². The van der Waals surface area contributed by atoms with Gasteiger partial charge in [0.1, 0.15) is 18.2 Å². The summed E-state index contributed by atoms with van der Waals surface area (Å²) < 4.78 is 38.0. The quantitative estimate of drug-likeness (QED) is 0.823. The highest BCUT2D eigenvalue weighted by Crippen LogP contribution is 2.31. The number of hydrogen-bond acceptors (Lipinski definition) is 5. The maximum Gasteiger partial charge on any atom is 0.267 e. The molecule has 1 atom stereocenters. The first-order valence-electron chi connectivity index (χ1n) is 9.64. The van der Waals surface area contributed by atoms with Crippen LogP contribution < -0.4 is 14.8 Å². The van der Waals surface area contributed by atoms with Gasteiger partial charge in [-0.15, -0.1) is 0 Å². The molecule has 9 heteroatoms. The average molecular weight is 417 g/mol. The van der Waals surface area contributed by atoms with Gasteiger partial charge in [-0.3, -0.25) is 14.5 Å². The van der Waals surface area contributed by atoms with E-state index in [0.29, 0.717) is 37.7 Å². The number of halogens is 2. The first-order valence-corrected chi connectivity index (χ1v) is 9.64. The molecule has 2 aliphatic rings. The summed E-state index contributed by atoms with van der Waals surface area (Å²) in [6.07, 6.45) is -0.698. The Morgan fingerprint density at radius 1 is 1.03 bits per heavy atom. The molecule has 1 N–H and O–H groups in total. The van der Waals surface area contributed by atoms with Gasteiger partial charge in [0, 0.05) is 32.2 Å². The number of carbonyl (C=O) groups excluding carboxylic acids is 2. The standard InChI is InChI=1S/C21H21F2N3O4/c22-14-5-6-16(15(23)11-14)24-20(27)12-25-7-9-26(10-8-25)21(28)19-13-29-17-3-1-2-4-18(17)30-19/h1-6,11,19H,7-10,12-13H2,(H,24,27). The van der Waals surface area contributed by atoms with Crippen molar-refractivity contribution < 1.29 is 27.8 Å². The SMILES string of the molecule is O=C(CN1CCN(C(=O)C2COc3ccccc3O2)CC1)Nc1ccc(F)cc1F. The number of anilines is 1. The fraction of sp³-hybridized carbons (Fsp3) is 0.333. The van der Waals surface area contributed by atoms with Gasteiger partial charge < -0.3 is 19.7 Å². The minimum atomic E-state index is -0.824. The molecule has 0 aliphatic carbocycles. The molecule has 0 saturated carbocycles. The highest BCUT2D eigenvalue weighted by molar-refractivity contribution is 5.92. The van der Waals surface area contributed by atoms with E-state index in [9.17, 15) is 18.4 Å². The summed E-state index contributed by atoms with van der Waals surface area (Å²) in [6, 6.07) is 10.2. The number of carbonyl (C=O) groups is 2. The molecular formula is C21H21F2N3O4. The first-order chi connectivity index (χ1) is 14.5. The van der Waals surface area contributed by atoms with Gasteiger partial charge in [-0.1, -0.05) is 12.1 Å². The highest BCUT2D eigenvalue weighted by atomic mass is 19.1. The lowest BCUT2D eigenvalue weighted by atomic mass is 10.2. The fourth-order valence-electron chi connectivity index (χ4n) is 3.45. The molecule has 0 aromatic heterocycles. The van der Waals surface area contributed by atoms with E-state index in [1.165, 1.54) is 6.07 Å². The molecule has 1 fully saturated rings. The lowest BCUT2D eigenvalue weighted by molar-refractivity contribution is -0.143. The topological polar surface area (TPSA) is 71.1 Å². The second-order valence-corrected chi connectivity index (χ2v) is 7.14.